The van der Waals surface area contributed by atoms with Crippen LogP contribution in [0, 0.1) is 0 Å². The Balaban J connectivity index is 0.000000278. The lowest BCUT2D eigenvalue weighted by atomic mass is 9.95. The fourth-order valence-corrected chi connectivity index (χ4v) is 4.39. The maximum atomic E-state index is 11.6. The van der Waals surface area contributed by atoms with Gasteiger partial charge in [-0.1, -0.05) is 12.8 Å². The number of nitrogens with zero attached hydrogens (tertiary/aromatic N) is 2. The minimum Gasteiger partial charge on any atom is -0.538 e. The van der Waals surface area contributed by atoms with Crippen LogP contribution in [0.4, 0.5) is 0 Å². The molecule has 3 fully saturated rings. The molecule has 26 heavy (non-hydrogen) atoms. The maximum Gasteiger partial charge on any atom is 0.309 e. The fourth-order valence-electron chi connectivity index (χ4n) is 4.39. The van der Waals surface area contributed by atoms with E-state index in [1.807, 2.05) is 28.5 Å². The number of ether oxygens (including phenoxy) is 1. The Morgan fingerprint density at radius 2 is 1.69 bits per heavy atom. The van der Waals surface area contributed by atoms with Gasteiger partial charge >= 0.3 is 11.8 Å². The molecule has 2 heterocycles. The van der Waals surface area contributed by atoms with Crippen LogP contribution >= 0.6 is 0 Å². The minimum atomic E-state index is -1.02. The van der Waals surface area contributed by atoms with Gasteiger partial charge in [-0.25, -0.2) is 9.13 Å². The molecule has 2 saturated carbocycles. The molecule has 1 aliphatic heterocycles. The molecule has 0 radical (unpaired) electrons. The van der Waals surface area contributed by atoms with Crippen molar-refractivity contribution in [1.29, 1.82) is 0 Å². The van der Waals surface area contributed by atoms with Crippen LogP contribution in [0.1, 0.15) is 100 Å². The zero-order chi connectivity index (χ0) is 18.5. The summed E-state index contributed by atoms with van der Waals surface area (Å²) in [4.78, 5) is 21.5. The van der Waals surface area contributed by atoms with Crippen LogP contribution in [0.25, 0.3) is 0 Å². The number of carbonyl (C=O) groups is 2. The number of carboxylic acid groups (broad SMARTS) is 1. The van der Waals surface area contributed by atoms with E-state index >= 15 is 0 Å². The smallest absolute Gasteiger partial charge is 0.309 e. The van der Waals surface area contributed by atoms with Crippen LogP contribution in [0.2, 0.25) is 0 Å². The third-order valence-corrected chi connectivity index (χ3v) is 5.78. The SMILES string of the molecule is CC1CC(=O)O1.O=C([O-])c1n(C2CCCCC2)cc[n+]1C1CCCCC1. The van der Waals surface area contributed by atoms with E-state index in [2.05, 4.69) is 4.74 Å². The molecule has 2 aliphatic carbocycles. The number of imidazole rings is 1. The van der Waals surface area contributed by atoms with Gasteiger partial charge in [0.25, 0.3) is 0 Å². The molecule has 144 valence electrons. The van der Waals surface area contributed by atoms with Crippen molar-refractivity contribution in [3.8, 4) is 0 Å². The normalized spacial score (nSPS) is 24.2. The summed E-state index contributed by atoms with van der Waals surface area (Å²) in [5, 5.41) is 11.6. The zero-order valence-corrected chi connectivity index (χ0v) is 15.7. The number of aromatic carboxylic acids is 1. The quantitative estimate of drug-likeness (QED) is 0.611. The van der Waals surface area contributed by atoms with Crippen LogP contribution in [0.3, 0.4) is 0 Å². The summed E-state index contributed by atoms with van der Waals surface area (Å²) in [6, 6.07) is 0.697. The summed E-state index contributed by atoms with van der Waals surface area (Å²) in [6.07, 6.45) is 16.5. The predicted molar refractivity (Wildman–Crippen MR) is 93.4 cm³/mol. The highest BCUT2D eigenvalue weighted by Gasteiger charge is 2.30. The first-order valence-corrected chi connectivity index (χ1v) is 10.1. The monoisotopic (exact) mass is 362 g/mol. The van der Waals surface area contributed by atoms with Crippen molar-refractivity contribution in [2.24, 2.45) is 0 Å². The number of carbonyl (C=O) groups excluding carboxylic acids is 2. The van der Waals surface area contributed by atoms with Gasteiger partial charge in [-0.2, -0.15) is 0 Å². The summed E-state index contributed by atoms with van der Waals surface area (Å²) in [6.45, 7) is 1.88. The predicted octanol–water partition coefficient (Wildman–Crippen LogP) is 2.47. The lowest BCUT2D eigenvalue weighted by Gasteiger charge is -2.23. The van der Waals surface area contributed by atoms with Gasteiger partial charge < -0.3 is 14.6 Å². The summed E-state index contributed by atoms with van der Waals surface area (Å²) in [5.74, 6) is -0.697. The Bertz CT molecular complexity index is 584. The average Bonchev–Trinajstić information content (AvgIpc) is 3.08. The third-order valence-electron chi connectivity index (χ3n) is 5.78. The van der Waals surface area contributed by atoms with Crippen molar-refractivity contribution < 1.29 is 24.0 Å². The fraction of sp³-hybridized carbons (Fsp3) is 0.750. The number of carboxylic acids is 1. The van der Waals surface area contributed by atoms with E-state index in [4.69, 9.17) is 0 Å². The average molecular weight is 362 g/mol. The highest BCUT2D eigenvalue weighted by molar-refractivity contribution is 5.79. The molecule has 3 aliphatic rings. The summed E-state index contributed by atoms with van der Waals surface area (Å²) in [7, 11) is 0. The van der Waals surface area contributed by atoms with E-state index in [0.717, 1.165) is 25.7 Å². The molecule has 0 aromatic carbocycles. The number of hydrogen-bond acceptors (Lipinski definition) is 4. The van der Waals surface area contributed by atoms with Crippen LogP contribution in [-0.2, 0) is 9.53 Å². The molecule has 6 heteroatoms. The Kier molecular flexibility index (Phi) is 6.33. The first kappa shape index (κ1) is 18.9. The van der Waals surface area contributed by atoms with Crippen LogP contribution < -0.4 is 9.67 Å². The van der Waals surface area contributed by atoms with Gasteiger partial charge in [0.05, 0.1) is 6.42 Å². The molecule has 1 saturated heterocycles. The van der Waals surface area contributed by atoms with Crippen LogP contribution in [0.5, 0.6) is 0 Å². The maximum absolute atomic E-state index is 11.6. The molecule has 0 spiro atoms. The van der Waals surface area contributed by atoms with E-state index in [1.54, 1.807) is 0 Å². The summed E-state index contributed by atoms with van der Waals surface area (Å²) < 4.78 is 8.45. The Morgan fingerprint density at radius 3 is 2.15 bits per heavy atom. The second-order valence-corrected chi connectivity index (χ2v) is 7.81. The van der Waals surface area contributed by atoms with E-state index in [0.29, 0.717) is 24.3 Å². The molecule has 0 N–H and O–H groups in total. The molecular formula is C20H30N2O4. The molecule has 4 rings (SSSR count). The van der Waals surface area contributed by atoms with E-state index in [1.165, 1.54) is 38.5 Å². The molecule has 1 aromatic rings. The standard InChI is InChI=1S/C16H24N2O2.C4H6O2/c19-16(20)15-17(13-7-3-1-4-8-13)11-12-18(15)14-9-5-2-6-10-14;1-3-2-4(5)6-3/h11-14H,1-10H2;3H,2H2,1H3. The van der Waals surface area contributed by atoms with Gasteiger partial charge in [-0.15, -0.1) is 0 Å². The summed E-state index contributed by atoms with van der Waals surface area (Å²) in [5.41, 5.74) is 0. The van der Waals surface area contributed by atoms with Crippen LogP contribution in [-0.4, -0.2) is 22.6 Å². The minimum absolute atomic E-state index is 0.0671. The number of aromatic nitrogens is 2. The number of cyclic esters (lactones) is 1. The van der Waals surface area contributed by atoms with E-state index in [-0.39, 0.29) is 12.1 Å². The van der Waals surface area contributed by atoms with Gasteiger partial charge in [-0.3, -0.25) is 4.79 Å². The first-order chi connectivity index (χ1) is 12.6. The second kappa shape index (κ2) is 8.69. The Morgan fingerprint density at radius 1 is 1.12 bits per heavy atom. The Hall–Kier alpha value is -1.85. The summed E-state index contributed by atoms with van der Waals surface area (Å²) >= 11 is 0. The van der Waals surface area contributed by atoms with Crippen molar-refractivity contribution in [2.75, 3.05) is 0 Å². The Labute approximate surface area is 155 Å². The lowest BCUT2D eigenvalue weighted by molar-refractivity contribution is -0.729. The van der Waals surface area contributed by atoms with E-state index < -0.39 is 5.97 Å². The van der Waals surface area contributed by atoms with Gasteiger partial charge in [0.15, 0.2) is 5.97 Å². The zero-order valence-electron chi connectivity index (χ0n) is 15.7. The molecule has 0 amide bonds. The second-order valence-electron chi connectivity index (χ2n) is 7.81. The van der Waals surface area contributed by atoms with Crippen molar-refractivity contribution in [3.63, 3.8) is 0 Å². The highest BCUT2D eigenvalue weighted by Crippen LogP contribution is 2.30. The van der Waals surface area contributed by atoms with Gasteiger partial charge in [0.1, 0.15) is 30.6 Å². The largest absolute Gasteiger partial charge is 0.538 e. The van der Waals surface area contributed by atoms with Crippen molar-refractivity contribution in [3.05, 3.63) is 18.2 Å². The molecule has 6 nitrogen and oxygen atoms in total. The van der Waals surface area contributed by atoms with Gasteiger partial charge in [0, 0.05) is 0 Å². The van der Waals surface area contributed by atoms with Crippen molar-refractivity contribution >= 4 is 11.9 Å². The highest BCUT2D eigenvalue weighted by atomic mass is 16.6. The van der Waals surface area contributed by atoms with Crippen molar-refractivity contribution in [1.82, 2.24) is 4.57 Å². The molecule has 0 bridgehead atoms. The third kappa shape index (κ3) is 4.46. The molecule has 1 unspecified atom stereocenters. The van der Waals surface area contributed by atoms with Gasteiger partial charge in [0.2, 0.25) is 0 Å². The number of esters is 1. The first-order valence-electron chi connectivity index (χ1n) is 10.1. The topological polar surface area (TPSA) is 75.2 Å². The van der Waals surface area contributed by atoms with Gasteiger partial charge in [-0.05, 0) is 58.3 Å². The molecule has 1 atom stereocenters. The number of rotatable bonds is 3. The van der Waals surface area contributed by atoms with Crippen LogP contribution in [0.15, 0.2) is 12.4 Å². The number of hydrogen-bond donors (Lipinski definition) is 0. The lowest BCUT2D eigenvalue weighted by Crippen LogP contribution is -2.48. The molecular weight excluding hydrogens is 332 g/mol. The van der Waals surface area contributed by atoms with Crippen molar-refractivity contribution in [2.45, 2.75) is 95.7 Å². The van der Waals surface area contributed by atoms with E-state index in [9.17, 15) is 14.7 Å². The molecule has 1 aromatic heterocycles.